The van der Waals surface area contributed by atoms with E-state index in [-0.39, 0.29) is 18.1 Å². The lowest BCUT2D eigenvalue weighted by atomic mass is 10.1. The summed E-state index contributed by atoms with van der Waals surface area (Å²) in [5, 5.41) is 18.2. The Bertz CT molecular complexity index is 650. The maximum Gasteiger partial charge on any atom is 0.254 e. The third kappa shape index (κ3) is 4.05. The molecule has 0 fully saturated rings. The van der Waals surface area contributed by atoms with Gasteiger partial charge in [-0.3, -0.25) is 9.78 Å². The van der Waals surface area contributed by atoms with E-state index in [1.54, 1.807) is 35.5 Å². The van der Waals surface area contributed by atoms with Crippen molar-refractivity contribution in [2.45, 2.75) is 13.0 Å². The number of carbonyl (C=O) groups excluding carboxylic acids is 1. The predicted molar refractivity (Wildman–Crippen MR) is 77.3 cm³/mol. The van der Waals surface area contributed by atoms with Gasteiger partial charge >= 0.3 is 0 Å². The number of aromatic hydroxyl groups is 1. The van der Waals surface area contributed by atoms with Crippen molar-refractivity contribution in [2.24, 2.45) is 0 Å². The lowest BCUT2D eigenvalue weighted by molar-refractivity contribution is 0.0746. The molecule has 0 aliphatic rings. The average molecular weight is 281 g/mol. The number of benzene rings is 1. The topological polar surface area (TPSA) is 77.2 Å². The van der Waals surface area contributed by atoms with Crippen LogP contribution >= 0.6 is 0 Å². The van der Waals surface area contributed by atoms with E-state index in [1.165, 1.54) is 12.1 Å². The third-order valence-electron chi connectivity index (χ3n) is 2.97. The summed E-state index contributed by atoms with van der Waals surface area (Å²) in [6, 6.07) is 11.9. The summed E-state index contributed by atoms with van der Waals surface area (Å²) in [5.41, 5.74) is 1.29. The normalized spacial score (nSPS) is 9.86. The number of phenols is 1. The van der Waals surface area contributed by atoms with E-state index in [0.717, 1.165) is 5.56 Å². The molecule has 0 aliphatic carbocycles. The number of pyridine rings is 1. The number of hydrogen-bond donors (Lipinski definition) is 1. The highest BCUT2D eigenvalue weighted by atomic mass is 16.3. The summed E-state index contributed by atoms with van der Waals surface area (Å²) in [6.45, 7) is 0.712. The molecule has 1 heterocycles. The Kier molecular flexibility index (Phi) is 4.89. The molecule has 0 unspecified atom stereocenters. The van der Waals surface area contributed by atoms with Crippen molar-refractivity contribution < 1.29 is 9.90 Å². The molecule has 0 saturated carbocycles. The van der Waals surface area contributed by atoms with Crippen molar-refractivity contribution >= 4 is 5.91 Å². The number of rotatable bonds is 5. The van der Waals surface area contributed by atoms with Gasteiger partial charge in [0.1, 0.15) is 5.75 Å². The van der Waals surface area contributed by atoms with E-state index in [4.69, 9.17) is 5.26 Å². The molecule has 0 aliphatic heterocycles. The van der Waals surface area contributed by atoms with Crippen molar-refractivity contribution in [1.82, 2.24) is 9.88 Å². The zero-order chi connectivity index (χ0) is 15.1. The summed E-state index contributed by atoms with van der Waals surface area (Å²) in [4.78, 5) is 18.1. The largest absolute Gasteiger partial charge is 0.508 e. The van der Waals surface area contributed by atoms with Gasteiger partial charge in [0.15, 0.2) is 0 Å². The molecule has 1 N–H and O–H groups in total. The Hall–Kier alpha value is -2.87. The van der Waals surface area contributed by atoms with Gasteiger partial charge < -0.3 is 10.0 Å². The van der Waals surface area contributed by atoms with E-state index in [9.17, 15) is 9.90 Å². The summed E-state index contributed by atoms with van der Waals surface area (Å²) in [6.07, 6.45) is 3.61. The molecular weight excluding hydrogens is 266 g/mol. The number of amides is 1. The van der Waals surface area contributed by atoms with Gasteiger partial charge in [-0.25, -0.2) is 0 Å². The van der Waals surface area contributed by atoms with Gasteiger partial charge in [-0.1, -0.05) is 12.1 Å². The Labute approximate surface area is 123 Å². The molecule has 0 atom stereocenters. The van der Waals surface area contributed by atoms with Gasteiger partial charge in [-0.2, -0.15) is 5.26 Å². The van der Waals surface area contributed by atoms with Crippen LogP contribution in [0.4, 0.5) is 0 Å². The quantitative estimate of drug-likeness (QED) is 0.912. The van der Waals surface area contributed by atoms with Crippen LogP contribution in [-0.2, 0) is 6.54 Å². The molecule has 0 saturated heterocycles. The maximum atomic E-state index is 12.5. The number of hydrogen-bond acceptors (Lipinski definition) is 4. The minimum Gasteiger partial charge on any atom is -0.508 e. The Morgan fingerprint density at radius 2 is 2.19 bits per heavy atom. The van der Waals surface area contributed by atoms with E-state index < -0.39 is 0 Å². The van der Waals surface area contributed by atoms with Gasteiger partial charge in [-0.05, 0) is 29.8 Å². The molecule has 2 aromatic rings. The lowest BCUT2D eigenvalue weighted by Gasteiger charge is -2.21. The van der Waals surface area contributed by atoms with Crippen LogP contribution in [0.25, 0.3) is 0 Å². The fraction of sp³-hybridized carbons (Fsp3) is 0.188. The van der Waals surface area contributed by atoms with E-state index in [0.29, 0.717) is 18.7 Å². The van der Waals surface area contributed by atoms with E-state index >= 15 is 0 Å². The summed E-state index contributed by atoms with van der Waals surface area (Å²) in [5.74, 6) is -0.174. The first-order valence-electron chi connectivity index (χ1n) is 6.55. The van der Waals surface area contributed by atoms with Crippen molar-refractivity contribution in [1.29, 1.82) is 5.26 Å². The molecule has 5 heteroatoms. The van der Waals surface area contributed by atoms with Crippen LogP contribution in [0.5, 0.6) is 5.75 Å². The fourth-order valence-electron chi connectivity index (χ4n) is 1.97. The van der Waals surface area contributed by atoms with Crippen LogP contribution in [0.3, 0.4) is 0 Å². The Morgan fingerprint density at radius 3 is 2.86 bits per heavy atom. The van der Waals surface area contributed by atoms with Crippen LogP contribution in [0.2, 0.25) is 0 Å². The van der Waals surface area contributed by atoms with Crippen LogP contribution in [-0.4, -0.2) is 27.4 Å². The molecule has 0 bridgehead atoms. The second-order valence-electron chi connectivity index (χ2n) is 4.55. The highest BCUT2D eigenvalue weighted by Crippen LogP contribution is 2.15. The Morgan fingerprint density at radius 1 is 1.33 bits per heavy atom. The monoisotopic (exact) mass is 281 g/mol. The highest BCUT2D eigenvalue weighted by Gasteiger charge is 2.16. The first-order valence-corrected chi connectivity index (χ1v) is 6.55. The average Bonchev–Trinajstić information content (AvgIpc) is 2.51. The first-order chi connectivity index (χ1) is 10.2. The van der Waals surface area contributed by atoms with Gasteiger partial charge in [0, 0.05) is 31.0 Å². The molecule has 2 rings (SSSR count). The molecule has 0 spiro atoms. The van der Waals surface area contributed by atoms with Crippen molar-refractivity contribution in [3.05, 3.63) is 59.9 Å². The lowest BCUT2D eigenvalue weighted by Crippen LogP contribution is -2.31. The fourth-order valence-corrected chi connectivity index (χ4v) is 1.97. The Balaban J connectivity index is 2.19. The molecule has 0 radical (unpaired) electrons. The van der Waals surface area contributed by atoms with Crippen molar-refractivity contribution in [3.8, 4) is 11.8 Å². The number of carbonyl (C=O) groups is 1. The zero-order valence-corrected chi connectivity index (χ0v) is 11.4. The highest BCUT2D eigenvalue weighted by molar-refractivity contribution is 5.94. The van der Waals surface area contributed by atoms with Crippen LogP contribution in [0.1, 0.15) is 22.3 Å². The van der Waals surface area contributed by atoms with E-state index in [1.807, 2.05) is 12.1 Å². The number of nitrogens with zero attached hydrogens (tertiary/aromatic N) is 3. The molecule has 1 aromatic heterocycles. The smallest absolute Gasteiger partial charge is 0.254 e. The van der Waals surface area contributed by atoms with Crippen LogP contribution in [0, 0.1) is 11.3 Å². The summed E-state index contributed by atoms with van der Waals surface area (Å²) < 4.78 is 0. The van der Waals surface area contributed by atoms with E-state index in [2.05, 4.69) is 4.98 Å². The second-order valence-corrected chi connectivity index (χ2v) is 4.55. The second kappa shape index (κ2) is 7.06. The van der Waals surface area contributed by atoms with Crippen molar-refractivity contribution in [3.63, 3.8) is 0 Å². The number of nitriles is 1. The maximum absolute atomic E-state index is 12.5. The van der Waals surface area contributed by atoms with Gasteiger partial charge in [-0.15, -0.1) is 0 Å². The molecule has 106 valence electrons. The minimum absolute atomic E-state index is 0.0439. The number of phenolic OH excluding ortho intramolecular Hbond substituents is 1. The van der Waals surface area contributed by atoms with Gasteiger partial charge in [0.05, 0.1) is 12.5 Å². The molecular formula is C16H15N3O2. The first kappa shape index (κ1) is 14.5. The molecule has 1 aromatic carbocycles. The summed E-state index contributed by atoms with van der Waals surface area (Å²) in [7, 11) is 0. The summed E-state index contributed by atoms with van der Waals surface area (Å²) >= 11 is 0. The standard InChI is InChI=1S/C16H15N3O2/c17-7-3-9-19(12-13-4-2-8-18-11-13)16(21)14-5-1-6-15(20)10-14/h1-2,4-6,8,10-11,20H,3,9,12H2. The van der Waals surface area contributed by atoms with Gasteiger partial charge in [0.2, 0.25) is 0 Å². The zero-order valence-electron chi connectivity index (χ0n) is 11.4. The molecule has 21 heavy (non-hydrogen) atoms. The van der Waals surface area contributed by atoms with Gasteiger partial charge in [0.25, 0.3) is 5.91 Å². The van der Waals surface area contributed by atoms with Crippen LogP contribution < -0.4 is 0 Å². The predicted octanol–water partition coefficient (Wildman–Crippen LogP) is 2.34. The van der Waals surface area contributed by atoms with Crippen molar-refractivity contribution in [2.75, 3.05) is 6.54 Å². The SMILES string of the molecule is N#CCCN(Cc1cccnc1)C(=O)c1cccc(O)c1. The molecule has 1 amide bonds. The van der Waals surface area contributed by atoms with Crippen LogP contribution in [0.15, 0.2) is 48.8 Å². The number of aromatic nitrogens is 1. The molecule has 5 nitrogen and oxygen atoms in total. The minimum atomic E-state index is -0.218. The third-order valence-corrected chi connectivity index (χ3v) is 2.97.